The van der Waals surface area contributed by atoms with Crippen molar-refractivity contribution < 1.29 is 0 Å². The van der Waals surface area contributed by atoms with Gasteiger partial charge in [0, 0.05) is 22.9 Å². The fraction of sp³-hybridized carbons (Fsp3) is 0.286. The molecule has 0 saturated heterocycles. The lowest BCUT2D eigenvalue weighted by molar-refractivity contribution is 0.687. The van der Waals surface area contributed by atoms with E-state index in [2.05, 4.69) is 28.3 Å². The summed E-state index contributed by atoms with van der Waals surface area (Å²) in [5, 5.41) is 10.2. The topological polar surface area (TPSA) is 30.7 Å². The molecule has 0 saturated carbocycles. The van der Waals surface area contributed by atoms with E-state index in [0.717, 1.165) is 39.4 Å². The zero-order chi connectivity index (χ0) is 13.8. The average molecular weight is 294 g/mol. The van der Waals surface area contributed by atoms with Gasteiger partial charge in [0.05, 0.1) is 0 Å². The first kappa shape index (κ1) is 14.2. The molecular formula is C14H16ClN3S. The highest BCUT2D eigenvalue weighted by Crippen LogP contribution is 2.25. The lowest BCUT2D eigenvalue weighted by atomic mass is 10.2. The first-order valence-electron chi connectivity index (χ1n) is 6.08. The van der Waals surface area contributed by atoms with Crippen LogP contribution in [0.1, 0.15) is 13.8 Å². The van der Waals surface area contributed by atoms with E-state index in [4.69, 9.17) is 11.6 Å². The van der Waals surface area contributed by atoms with Crippen LogP contribution in [0.3, 0.4) is 0 Å². The monoisotopic (exact) mass is 293 g/mol. The minimum Gasteiger partial charge on any atom is -0.302 e. The molecule has 0 aliphatic heterocycles. The van der Waals surface area contributed by atoms with Crippen molar-refractivity contribution in [3.63, 3.8) is 0 Å². The van der Waals surface area contributed by atoms with E-state index >= 15 is 0 Å². The van der Waals surface area contributed by atoms with Crippen LogP contribution in [-0.4, -0.2) is 20.5 Å². The van der Waals surface area contributed by atoms with Crippen molar-refractivity contribution in [1.29, 1.82) is 0 Å². The molecule has 3 nitrogen and oxygen atoms in total. The minimum absolute atomic E-state index is 0.725. The third-order valence-corrected chi connectivity index (χ3v) is 4.03. The Kier molecular flexibility index (Phi) is 4.66. The zero-order valence-corrected chi connectivity index (χ0v) is 12.6. The van der Waals surface area contributed by atoms with Gasteiger partial charge in [-0.25, -0.2) is 0 Å². The predicted molar refractivity (Wildman–Crippen MR) is 81.7 cm³/mol. The number of hydrogen-bond acceptors (Lipinski definition) is 3. The summed E-state index contributed by atoms with van der Waals surface area (Å²) in [6.45, 7) is 8.85. The number of benzene rings is 1. The van der Waals surface area contributed by atoms with Crippen LogP contribution in [0.5, 0.6) is 0 Å². The molecule has 19 heavy (non-hydrogen) atoms. The Hall–Kier alpha value is -1.26. The Morgan fingerprint density at radius 1 is 1.32 bits per heavy atom. The van der Waals surface area contributed by atoms with E-state index in [1.807, 2.05) is 31.2 Å². The van der Waals surface area contributed by atoms with Gasteiger partial charge >= 0.3 is 0 Å². The third-order valence-electron chi connectivity index (χ3n) is 2.58. The fourth-order valence-corrected chi connectivity index (χ4v) is 2.65. The summed E-state index contributed by atoms with van der Waals surface area (Å²) < 4.78 is 2.11. The quantitative estimate of drug-likeness (QED) is 0.609. The molecule has 0 radical (unpaired) electrons. The lowest BCUT2D eigenvalue weighted by Gasteiger charge is -2.07. The summed E-state index contributed by atoms with van der Waals surface area (Å²) in [4.78, 5) is 0. The Bertz CT molecular complexity index is 575. The van der Waals surface area contributed by atoms with Crippen LogP contribution < -0.4 is 0 Å². The van der Waals surface area contributed by atoms with Gasteiger partial charge in [0.15, 0.2) is 11.0 Å². The van der Waals surface area contributed by atoms with Crippen LogP contribution in [0.4, 0.5) is 0 Å². The van der Waals surface area contributed by atoms with Crippen LogP contribution in [0.2, 0.25) is 5.02 Å². The van der Waals surface area contributed by atoms with Crippen molar-refractivity contribution in [2.75, 3.05) is 5.75 Å². The Morgan fingerprint density at radius 3 is 2.58 bits per heavy atom. The van der Waals surface area contributed by atoms with Gasteiger partial charge in [-0.15, -0.1) is 10.2 Å². The first-order valence-corrected chi connectivity index (χ1v) is 7.44. The van der Waals surface area contributed by atoms with E-state index in [1.54, 1.807) is 11.8 Å². The van der Waals surface area contributed by atoms with Crippen molar-refractivity contribution in [2.45, 2.75) is 25.5 Å². The largest absolute Gasteiger partial charge is 0.302 e. The minimum atomic E-state index is 0.725. The number of rotatable bonds is 5. The molecule has 0 aliphatic rings. The van der Waals surface area contributed by atoms with Crippen molar-refractivity contribution in [3.8, 4) is 11.4 Å². The molecule has 1 heterocycles. The highest BCUT2D eigenvalue weighted by Gasteiger charge is 2.12. The molecule has 0 fully saturated rings. The van der Waals surface area contributed by atoms with Gasteiger partial charge in [-0.3, -0.25) is 0 Å². The lowest BCUT2D eigenvalue weighted by Crippen LogP contribution is -2.00. The normalized spacial score (nSPS) is 10.7. The molecule has 0 atom stereocenters. The van der Waals surface area contributed by atoms with Crippen LogP contribution >= 0.6 is 23.4 Å². The molecule has 1 aromatic carbocycles. The molecular weight excluding hydrogens is 278 g/mol. The van der Waals surface area contributed by atoms with Gasteiger partial charge in [0.1, 0.15) is 0 Å². The second-order valence-corrected chi connectivity index (χ2v) is 5.68. The van der Waals surface area contributed by atoms with Gasteiger partial charge in [-0.05, 0) is 38.1 Å². The second-order valence-electron chi connectivity index (χ2n) is 4.30. The summed E-state index contributed by atoms with van der Waals surface area (Å²) in [7, 11) is 0. The third kappa shape index (κ3) is 3.39. The van der Waals surface area contributed by atoms with Crippen molar-refractivity contribution in [2.24, 2.45) is 0 Å². The molecule has 2 aromatic rings. The molecule has 0 N–H and O–H groups in total. The van der Waals surface area contributed by atoms with E-state index in [1.165, 1.54) is 0 Å². The maximum atomic E-state index is 5.91. The molecule has 0 bridgehead atoms. The van der Waals surface area contributed by atoms with Crippen LogP contribution in [-0.2, 0) is 6.54 Å². The van der Waals surface area contributed by atoms with Gasteiger partial charge in [-0.2, -0.15) is 0 Å². The summed E-state index contributed by atoms with van der Waals surface area (Å²) >= 11 is 7.57. The maximum Gasteiger partial charge on any atom is 0.191 e. The first-order chi connectivity index (χ1) is 9.11. The summed E-state index contributed by atoms with van der Waals surface area (Å²) in [6.07, 6.45) is 0. The summed E-state index contributed by atoms with van der Waals surface area (Å²) in [5.74, 6) is 1.74. The van der Waals surface area contributed by atoms with E-state index in [0.29, 0.717) is 0 Å². The Morgan fingerprint density at radius 2 is 2.00 bits per heavy atom. The zero-order valence-electron chi connectivity index (χ0n) is 11.1. The molecule has 0 unspecified atom stereocenters. The summed E-state index contributed by atoms with van der Waals surface area (Å²) in [6, 6.07) is 7.66. The van der Waals surface area contributed by atoms with E-state index in [9.17, 15) is 0 Å². The van der Waals surface area contributed by atoms with Crippen molar-refractivity contribution in [3.05, 3.63) is 41.4 Å². The molecule has 0 spiro atoms. The molecule has 1 aromatic heterocycles. The van der Waals surface area contributed by atoms with E-state index < -0.39 is 0 Å². The van der Waals surface area contributed by atoms with Gasteiger partial charge in [-0.1, -0.05) is 35.5 Å². The number of hydrogen-bond donors (Lipinski definition) is 0. The SMILES string of the molecule is C=C(C)CSc1nnc(-c2ccc(Cl)cc2)n1CC. The maximum absolute atomic E-state index is 5.91. The van der Waals surface area contributed by atoms with Gasteiger partial charge in [0.25, 0.3) is 0 Å². The molecule has 2 rings (SSSR count). The standard InChI is InChI=1S/C14H16ClN3S/c1-4-18-13(11-5-7-12(15)8-6-11)16-17-14(18)19-9-10(2)3/h5-8H,2,4,9H2,1,3H3. The van der Waals surface area contributed by atoms with Gasteiger partial charge in [0.2, 0.25) is 0 Å². The van der Waals surface area contributed by atoms with Crippen molar-refractivity contribution >= 4 is 23.4 Å². The van der Waals surface area contributed by atoms with Gasteiger partial charge < -0.3 is 4.57 Å². The van der Waals surface area contributed by atoms with Crippen LogP contribution in [0, 0.1) is 0 Å². The van der Waals surface area contributed by atoms with Crippen LogP contribution in [0.15, 0.2) is 41.6 Å². The number of thioether (sulfide) groups is 1. The predicted octanol–water partition coefficient (Wildman–Crippen LogP) is 4.29. The number of halogens is 1. The molecule has 0 aliphatic carbocycles. The van der Waals surface area contributed by atoms with Crippen molar-refractivity contribution in [1.82, 2.24) is 14.8 Å². The Labute approximate surface area is 122 Å². The van der Waals surface area contributed by atoms with E-state index in [-0.39, 0.29) is 0 Å². The second kappa shape index (κ2) is 6.26. The average Bonchev–Trinajstić information content (AvgIpc) is 2.80. The highest BCUT2D eigenvalue weighted by atomic mass is 35.5. The highest BCUT2D eigenvalue weighted by molar-refractivity contribution is 7.99. The Balaban J connectivity index is 2.31. The molecule has 5 heteroatoms. The fourth-order valence-electron chi connectivity index (χ4n) is 1.68. The summed E-state index contributed by atoms with van der Waals surface area (Å²) in [5.41, 5.74) is 2.16. The number of nitrogens with zero attached hydrogens (tertiary/aromatic N) is 3. The molecule has 0 amide bonds. The van der Waals surface area contributed by atoms with Crippen LogP contribution in [0.25, 0.3) is 11.4 Å². The smallest absolute Gasteiger partial charge is 0.191 e. The number of aromatic nitrogens is 3. The molecule has 100 valence electrons.